The van der Waals surface area contributed by atoms with Gasteiger partial charge in [0.1, 0.15) is 12.7 Å². The predicted octanol–water partition coefficient (Wildman–Crippen LogP) is 0.219. The normalized spacial score (nSPS) is 23.8. The Morgan fingerprint density at radius 3 is 2.45 bits per heavy atom. The second-order valence-corrected chi connectivity index (χ2v) is 7.75. The highest BCUT2D eigenvalue weighted by Crippen LogP contribution is 2.20. The van der Waals surface area contributed by atoms with Crippen LogP contribution in [-0.4, -0.2) is 69.7 Å². The fourth-order valence-corrected chi connectivity index (χ4v) is 3.83. The third-order valence-electron chi connectivity index (χ3n) is 3.81. The summed E-state index contributed by atoms with van der Waals surface area (Å²) in [5.74, 6) is 0.145. The molecule has 2 fully saturated rings. The number of rotatable bonds is 6. The smallest absolute Gasteiger partial charge is 0.332 e. The summed E-state index contributed by atoms with van der Waals surface area (Å²) in [6.45, 7) is 2.19. The van der Waals surface area contributed by atoms with Gasteiger partial charge in [0.15, 0.2) is 9.84 Å². The topological polar surface area (TPSA) is 72.9 Å². The molecule has 2 rings (SSSR count). The van der Waals surface area contributed by atoms with Crippen LogP contribution in [0.2, 0.25) is 0 Å². The van der Waals surface area contributed by atoms with Gasteiger partial charge in [-0.2, -0.15) is 0 Å². The molecule has 0 aromatic heterocycles. The average Bonchev–Trinajstić information content (AvgIpc) is 2.89. The van der Waals surface area contributed by atoms with Gasteiger partial charge < -0.3 is 9.47 Å². The Balaban J connectivity index is 1.52. The van der Waals surface area contributed by atoms with Gasteiger partial charge in [0, 0.05) is 19.6 Å². The maximum atomic E-state index is 11.5. The Morgan fingerprint density at radius 1 is 1.15 bits per heavy atom. The van der Waals surface area contributed by atoms with Crippen LogP contribution in [0.4, 0.5) is 0 Å². The first-order valence-electron chi connectivity index (χ1n) is 7.25. The number of nitrogens with zero attached hydrogens (tertiary/aromatic N) is 1. The zero-order valence-corrected chi connectivity index (χ0v) is 12.6. The number of carbonyl (C=O) groups excluding carboxylic acids is 1. The maximum Gasteiger partial charge on any atom is 0.332 e. The Kier molecular flexibility index (Phi) is 5.80. The minimum atomic E-state index is -2.83. The second-order valence-electron chi connectivity index (χ2n) is 5.44. The van der Waals surface area contributed by atoms with E-state index in [1.165, 1.54) is 0 Å². The highest BCUT2D eigenvalue weighted by atomic mass is 32.2. The third kappa shape index (κ3) is 5.38. The molecule has 0 bridgehead atoms. The summed E-state index contributed by atoms with van der Waals surface area (Å²) in [5, 5.41) is 0. The first-order chi connectivity index (χ1) is 9.55. The van der Waals surface area contributed by atoms with E-state index in [-0.39, 0.29) is 30.2 Å². The van der Waals surface area contributed by atoms with E-state index in [9.17, 15) is 13.2 Å². The summed E-state index contributed by atoms with van der Waals surface area (Å²) < 4.78 is 33.1. The summed E-state index contributed by atoms with van der Waals surface area (Å²) in [6.07, 6.45) is 4.29. The van der Waals surface area contributed by atoms with Crippen molar-refractivity contribution in [3.8, 4) is 0 Å². The molecule has 1 aliphatic heterocycles. The molecule has 1 aliphatic carbocycles. The molecule has 6 nitrogen and oxygen atoms in total. The van der Waals surface area contributed by atoms with E-state index in [1.54, 1.807) is 0 Å². The standard InChI is InChI=1S/C13H23NO5S/c15-13(19-12-3-1-2-4-12)11-18-8-5-14-6-9-20(16,17)10-7-14/h12H,1-11H2. The summed E-state index contributed by atoms with van der Waals surface area (Å²) >= 11 is 0. The van der Waals surface area contributed by atoms with Crippen LogP contribution in [0.15, 0.2) is 0 Å². The lowest BCUT2D eigenvalue weighted by molar-refractivity contribution is -0.154. The molecule has 0 aromatic carbocycles. The van der Waals surface area contributed by atoms with Crippen molar-refractivity contribution in [2.75, 3.05) is 44.4 Å². The number of hydrogen-bond acceptors (Lipinski definition) is 6. The molecule has 1 saturated heterocycles. The van der Waals surface area contributed by atoms with E-state index in [4.69, 9.17) is 9.47 Å². The lowest BCUT2D eigenvalue weighted by atomic mass is 10.3. The first-order valence-corrected chi connectivity index (χ1v) is 9.07. The molecule has 0 spiro atoms. The molecule has 0 aromatic rings. The minimum absolute atomic E-state index is 0.0113. The van der Waals surface area contributed by atoms with Crippen molar-refractivity contribution in [3.05, 3.63) is 0 Å². The number of sulfone groups is 1. The highest BCUT2D eigenvalue weighted by Gasteiger charge is 2.21. The van der Waals surface area contributed by atoms with E-state index < -0.39 is 9.84 Å². The van der Waals surface area contributed by atoms with Gasteiger partial charge in [0.25, 0.3) is 0 Å². The Hall–Kier alpha value is -0.660. The SMILES string of the molecule is O=C(COCCN1CCS(=O)(=O)CC1)OC1CCCC1. The monoisotopic (exact) mass is 305 g/mol. The third-order valence-corrected chi connectivity index (χ3v) is 5.42. The van der Waals surface area contributed by atoms with Gasteiger partial charge in [-0.25, -0.2) is 13.2 Å². The van der Waals surface area contributed by atoms with E-state index in [0.29, 0.717) is 26.2 Å². The van der Waals surface area contributed by atoms with Crippen molar-refractivity contribution >= 4 is 15.8 Å². The summed E-state index contributed by atoms with van der Waals surface area (Å²) in [7, 11) is -2.83. The number of carbonyl (C=O) groups is 1. The molecule has 0 unspecified atom stereocenters. The largest absolute Gasteiger partial charge is 0.461 e. The maximum absolute atomic E-state index is 11.5. The summed E-state index contributed by atoms with van der Waals surface area (Å²) in [5.41, 5.74) is 0. The Bertz CT molecular complexity index is 402. The van der Waals surface area contributed by atoms with Gasteiger partial charge in [-0.3, -0.25) is 4.90 Å². The van der Waals surface area contributed by atoms with Crippen LogP contribution < -0.4 is 0 Å². The van der Waals surface area contributed by atoms with E-state index in [1.807, 2.05) is 4.90 Å². The molecule has 0 N–H and O–H groups in total. The molecular weight excluding hydrogens is 282 g/mol. The van der Waals surface area contributed by atoms with E-state index in [0.717, 1.165) is 25.7 Å². The molecular formula is C13H23NO5S. The van der Waals surface area contributed by atoms with E-state index in [2.05, 4.69) is 0 Å². The first kappa shape index (κ1) is 15.7. The Morgan fingerprint density at radius 2 is 1.80 bits per heavy atom. The molecule has 1 saturated carbocycles. The molecule has 7 heteroatoms. The van der Waals surface area contributed by atoms with Gasteiger partial charge >= 0.3 is 5.97 Å². The van der Waals surface area contributed by atoms with Gasteiger partial charge in [0.05, 0.1) is 18.1 Å². The van der Waals surface area contributed by atoms with Crippen molar-refractivity contribution in [1.29, 1.82) is 0 Å². The second kappa shape index (κ2) is 7.38. The van der Waals surface area contributed by atoms with Crippen LogP contribution in [0.25, 0.3) is 0 Å². The quantitative estimate of drug-likeness (QED) is 0.516. The molecule has 116 valence electrons. The van der Waals surface area contributed by atoms with Crippen LogP contribution in [0, 0.1) is 0 Å². The minimum Gasteiger partial charge on any atom is -0.461 e. The van der Waals surface area contributed by atoms with Gasteiger partial charge in [-0.05, 0) is 25.7 Å². The van der Waals surface area contributed by atoms with Crippen molar-refractivity contribution in [3.63, 3.8) is 0 Å². The summed E-state index contributed by atoms with van der Waals surface area (Å²) in [6, 6.07) is 0. The number of esters is 1. The zero-order chi connectivity index (χ0) is 14.4. The lowest BCUT2D eigenvalue weighted by Gasteiger charge is -2.26. The zero-order valence-electron chi connectivity index (χ0n) is 11.8. The van der Waals surface area contributed by atoms with Crippen LogP contribution in [0.3, 0.4) is 0 Å². The molecule has 20 heavy (non-hydrogen) atoms. The van der Waals surface area contributed by atoms with Crippen LogP contribution in [-0.2, 0) is 24.1 Å². The lowest BCUT2D eigenvalue weighted by Crippen LogP contribution is -2.41. The van der Waals surface area contributed by atoms with Gasteiger partial charge in [0.2, 0.25) is 0 Å². The van der Waals surface area contributed by atoms with Gasteiger partial charge in [-0.1, -0.05) is 0 Å². The fourth-order valence-electron chi connectivity index (χ4n) is 2.55. The Labute approximate surface area is 120 Å². The van der Waals surface area contributed by atoms with Gasteiger partial charge in [-0.15, -0.1) is 0 Å². The van der Waals surface area contributed by atoms with Crippen molar-refractivity contribution in [1.82, 2.24) is 4.90 Å². The highest BCUT2D eigenvalue weighted by molar-refractivity contribution is 7.91. The van der Waals surface area contributed by atoms with Crippen LogP contribution in [0.5, 0.6) is 0 Å². The molecule has 2 aliphatic rings. The predicted molar refractivity (Wildman–Crippen MR) is 74.3 cm³/mol. The fraction of sp³-hybridized carbons (Fsp3) is 0.923. The van der Waals surface area contributed by atoms with Crippen LogP contribution in [0.1, 0.15) is 25.7 Å². The number of hydrogen-bond donors (Lipinski definition) is 0. The molecule has 0 radical (unpaired) electrons. The number of ether oxygens (including phenoxy) is 2. The molecule has 1 heterocycles. The van der Waals surface area contributed by atoms with E-state index >= 15 is 0 Å². The summed E-state index contributed by atoms with van der Waals surface area (Å²) in [4.78, 5) is 13.5. The van der Waals surface area contributed by atoms with Crippen molar-refractivity contribution in [2.24, 2.45) is 0 Å². The average molecular weight is 305 g/mol. The van der Waals surface area contributed by atoms with Crippen molar-refractivity contribution < 1.29 is 22.7 Å². The molecule has 0 amide bonds. The molecule has 0 atom stereocenters. The van der Waals surface area contributed by atoms with Crippen molar-refractivity contribution in [2.45, 2.75) is 31.8 Å². The van der Waals surface area contributed by atoms with Crippen LogP contribution >= 0.6 is 0 Å².